The molecule has 3 N–H and O–H groups in total. The first-order valence-electron chi connectivity index (χ1n) is 5.47. The zero-order valence-electron chi connectivity index (χ0n) is 10.3. The Bertz CT molecular complexity index is 680. The topological polar surface area (TPSA) is 106 Å². The Morgan fingerprint density at radius 3 is 2.67 bits per heavy atom. The minimum absolute atomic E-state index is 0.198. The van der Waals surface area contributed by atoms with Crippen LogP contribution in [0.5, 0.6) is 0 Å². The number of nitrogen functional groups attached to an aromatic ring is 1. The van der Waals surface area contributed by atoms with Gasteiger partial charge in [-0.25, -0.2) is 10.1 Å². The van der Waals surface area contributed by atoms with Gasteiger partial charge in [0, 0.05) is 5.56 Å². The van der Waals surface area contributed by atoms with Crippen molar-refractivity contribution in [2.45, 2.75) is 6.18 Å². The van der Waals surface area contributed by atoms with Crippen LogP contribution in [0, 0.1) is 0 Å². The molecule has 2 rings (SSSR count). The third-order valence-corrected chi connectivity index (χ3v) is 2.36. The molecule has 110 valence electrons. The summed E-state index contributed by atoms with van der Waals surface area (Å²) in [7, 11) is 0. The normalized spacial score (nSPS) is 11.8. The van der Waals surface area contributed by atoms with Crippen LogP contribution < -0.4 is 11.2 Å². The van der Waals surface area contributed by atoms with Crippen molar-refractivity contribution in [1.29, 1.82) is 0 Å². The van der Waals surface area contributed by atoms with Crippen molar-refractivity contribution in [2.24, 2.45) is 5.10 Å². The first-order valence-corrected chi connectivity index (χ1v) is 5.47. The van der Waals surface area contributed by atoms with Crippen molar-refractivity contribution in [2.75, 3.05) is 5.73 Å². The first kappa shape index (κ1) is 14.5. The number of hydrogen-bond donors (Lipinski definition) is 2. The SMILES string of the molecule is Nc1nonc1C(=O)N/N=C\c1ccccc1C(F)(F)F. The van der Waals surface area contributed by atoms with E-state index in [1.54, 1.807) is 0 Å². The molecule has 0 fully saturated rings. The van der Waals surface area contributed by atoms with E-state index in [0.717, 1.165) is 12.3 Å². The molecule has 1 heterocycles. The molecule has 0 saturated carbocycles. The number of nitrogens with two attached hydrogens (primary N) is 1. The van der Waals surface area contributed by atoms with Gasteiger partial charge in [0.05, 0.1) is 11.8 Å². The van der Waals surface area contributed by atoms with Gasteiger partial charge in [0.15, 0.2) is 0 Å². The number of halogens is 3. The predicted molar refractivity (Wildman–Crippen MR) is 65.2 cm³/mol. The molecule has 0 aliphatic rings. The molecule has 1 amide bonds. The third kappa shape index (κ3) is 3.35. The minimum Gasteiger partial charge on any atom is -0.379 e. The Hall–Kier alpha value is -2.91. The number of hydrazone groups is 1. The number of aromatic nitrogens is 2. The average Bonchev–Trinajstić information content (AvgIpc) is 2.84. The molecule has 0 spiro atoms. The summed E-state index contributed by atoms with van der Waals surface area (Å²) in [5.74, 6) is -1.10. The number of anilines is 1. The highest BCUT2D eigenvalue weighted by molar-refractivity contribution is 5.96. The molecule has 2 aromatic rings. The molecular weight excluding hydrogens is 291 g/mol. The van der Waals surface area contributed by atoms with Gasteiger partial charge in [0.2, 0.25) is 11.5 Å². The van der Waals surface area contributed by atoms with Gasteiger partial charge in [-0.15, -0.1) is 0 Å². The Kier molecular flexibility index (Phi) is 3.87. The number of hydrogen-bond acceptors (Lipinski definition) is 6. The predicted octanol–water partition coefficient (Wildman–Crippen LogP) is 1.43. The van der Waals surface area contributed by atoms with Crippen LogP contribution in [0.1, 0.15) is 21.6 Å². The van der Waals surface area contributed by atoms with Crippen LogP contribution in [-0.4, -0.2) is 22.4 Å². The lowest BCUT2D eigenvalue weighted by molar-refractivity contribution is -0.137. The maximum Gasteiger partial charge on any atom is 0.417 e. The second-order valence-corrected chi connectivity index (χ2v) is 3.78. The van der Waals surface area contributed by atoms with E-state index < -0.39 is 17.6 Å². The molecule has 1 aromatic carbocycles. The highest BCUT2D eigenvalue weighted by Gasteiger charge is 2.32. The standard InChI is InChI=1S/C11H8F3N5O2/c12-11(13,14)7-4-2-1-3-6(7)5-16-17-10(20)8-9(15)19-21-18-8/h1-5H,(H2,15,19)(H,17,20)/b16-5-. The highest BCUT2D eigenvalue weighted by atomic mass is 19.4. The number of carbonyl (C=O) groups excluding carboxylic acids is 1. The molecule has 0 bridgehead atoms. The van der Waals surface area contributed by atoms with Crippen molar-refractivity contribution < 1.29 is 22.6 Å². The van der Waals surface area contributed by atoms with E-state index in [9.17, 15) is 18.0 Å². The van der Waals surface area contributed by atoms with Crippen molar-refractivity contribution in [3.8, 4) is 0 Å². The molecule has 0 aliphatic heterocycles. The fourth-order valence-corrected chi connectivity index (χ4v) is 1.43. The van der Waals surface area contributed by atoms with Crippen molar-refractivity contribution in [3.05, 3.63) is 41.1 Å². The number of rotatable bonds is 3. The highest BCUT2D eigenvalue weighted by Crippen LogP contribution is 2.30. The van der Waals surface area contributed by atoms with Crippen LogP contribution >= 0.6 is 0 Å². The van der Waals surface area contributed by atoms with Crippen molar-refractivity contribution in [3.63, 3.8) is 0 Å². The largest absolute Gasteiger partial charge is 0.417 e. The van der Waals surface area contributed by atoms with Gasteiger partial charge in [-0.05, 0) is 16.4 Å². The Labute approximate surface area is 115 Å². The second kappa shape index (κ2) is 5.61. The zero-order chi connectivity index (χ0) is 15.5. The molecule has 7 nitrogen and oxygen atoms in total. The maximum atomic E-state index is 12.7. The summed E-state index contributed by atoms with van der Waals surface area (Å²) in [6.07, 6.45) is -3.66. The van der Waals surface area contributed by atoms with Crippen LogP contribution in [0.25, 0.3) is 0 Å². The number of benzene rings is 1. The zero-order valence-corrected chi connectivity index (χ0v) is 10.3. The van der Waals surface area contributed by atoms with E-state index in [2.05, 4.69) is 20.0 Å². The summed E-state index contributed by atoms with van der Waals surface area (Å²) in [4.78, 5) is 11.5. The number of nitrogens with zero attached hydrogens (tertiary/aromatic N) is 3. The van der Waals surface area contributed by atoms with E-state index in [0.29, 0.717) is 0 Å². The lowest BCUT2D eigenvalue weighted by atomic mass is 10.1. The van der Waals surface area contributed by atoms with Gasteiger partial charge in [-0.3, -0.25) is 4.79 Å². The second-order valence-electron chi connectivity index (χ2n) is 3.78. The van der Waals surface area contributed by atoms with Gasteiger partial charge in [-0.2, -0.15) is 18.3 Å². The van der Waals surface area contributed by atoms with Crippen LogP contribution in [0.3, 0.4) is 0 Å². The summed E-state index contributed by atoms with van der Waals surface area (Å²) in [6, 6.07) is 4.78. The van der Waals surface area contributed by atoms with Gasteiger partial charge in [0.25, 0.3) is 5.91 Å². The fourth-order valence-electron chi connectivity index (χ4n) is 1.43. The third-order valence-electron chi connectivity index (χ3n) is 2.36. The molecule has 21 heavy (non-hydrogen) atoms. The Morgan fingerprint density at radius 2 is 2.05 bits per heavy atom. The first-order chi connectivity index (χ1) is 9.89. The monoisotopic (exact) mass is 299 g/mol. The summed E-state index contributed by atoms with van der Waals surface area (Å²) in [5.41, 5.74) is 5.87. The molecule has 0 radical (unpaired) electrons. The van der Waals surface area contributed by atoms with E-state index in [1.807, 2.05) is 5.43 Å². The van der Waals surface area contributed by atoms with Gasteiger partial charge in [-0.1, -0.05) is 18.2 Å². The number of alkyl halides is 3. The number of nitrogens with one attached hydrogen (secondary N) is 1. The summed E-state index contributed by atoms with van der Waals surface area (Å²) in [5, 5.41) is 9.82. The molecule has 0 saturated heterocycles. The van der Waals surface area contributed by atoms with Crippen LogP contribution in [0.15, 0.2) is 34.0 Å². The average molecular weight is 299 g/mol. The van der Waals surface area contributed by atoms with Gasteiger partial charge in [0.1, 0.15) is 0 Å². The van der Waals surface area contributed by atoms with Crippen LogP contribution in [-0.2, 0) is 6.18 Å². The van der Waals surface area contributed by atoms with Gasteiger partial charge < -0.3 is 5.73 Å². The lowest BCUT2D eigenvalue weighted by Gasteiger charge is -2.08. The summed E-state index contributed by atoms with van der Waals surface area (Å²) in [6.45, 7) is 0. The summed E-state index contributed by atoms with van der Waals surface area (Å²) >= 11 is 0. The van der Waals surface area contributed by atoms with Crippen molar-refractivity contribution in [1.82, 2.24) is 15.7 Å². The Morgan fingerprint density at radius 1 is 1.33 bits per heavy atom. The molecule has 0 atom stereocenters. The molecule has 1 aromatic heterocycles. The van der Waals surface area contributed by atoms with Crippen LogP contribution in [0.2, 0.25) is 0 Å². The van der Waals surface area contributed by atoms with Gasteiger partial charge >= 0.3 is 6.18 Å². The quantitative estimate of drug-likeness (QED) is 0.658. The van der Waals surface area contributed by atoms with E-state index in [4.69, 9.17) is 5.73 Å². The fraction of sp³-hybridized carbons (Fsp3) is 0.0909. The smallest absolute Gasteiger partial charge is 0.379 e. The van der Waals surface area contributed by atoms with E-state index in [1.165, 1.54) is 18.2 Å². The van der Waals surface area contributed by atoms with Crippen molar-refractivity contribution >= 4 is 17.9 Å². The Balaban J connectivity index is 2.13. The summed E-state index contributed by atoms with van der Waals surface area (Å²) < 4.78 is 42.4. The lowest BCUT2D eigenvalue weighted by Crippen LogP contribution is -2.19. The number of amides is 1. The minimum atomic E-state index is -4.52. The maximum absolute atomic E-state index is 12.7. The molecule has 0 unspecified atom stereocenters. The van der Waals surface area contributed by atoms with E-state index in [-0.39, 0.29) is 17.1 Å². The number of carbonyl (C=O) groups is 1. The molecule has 10 heteroatoms. The van der Waals surface area contributed by atoms with Crippen LogP contribution in [0.4, 0.5) is 19.0 Å². The molecular formula is C11H8F3N5O2. The van der Waals surface area contributed by atoms with E-state index >= 15 is 0 Å². The molecule has 0 aliphatic carbocycles.